The first-order valence-electron chi connectivity index (χ1n) is 7.35. The van der Waals surface area contributed by atoms with Gasteiger partial charge in [-0.15, -0.1) is 0 Å². The van der Waals surface area contributed by atoms with E-state index in [0.717, 1.165) is 11.3 Å². The average Bonchev–Trinajstić information content (AvgIpc) is 2.57. The van der Waals surface area contributed by atoms with Crippen molar-refractivity contribution in [2.24, 2.45) is 0 Å². The minimum absolute atomic E-state index is 0.375. The molecule has 0 spiro atoms. The van der Waals surface area contributed by atoms with Crippen LogP contribution in [0.1, 0.15) is 11.3 Å². The van der Waals surface area contributed by atoms with Gasteiger partial charge in [-0.2, -0.15) is 0 Å². The molecule has 0 fully saturated rings. The summed E-state index contributed by atoms with van der Waals surface area (Å²) < 4.78 is 0. The van der Waals surface area contributed by atoms with E-state index in [-0.39, 0.29) is 0 Å². The Morgan fingerprint density at radius 3 is 2.17 bits per heavy atom. The molecule has 5 nitrogen and oxygen atoms in total. The van der Waals surface area contributed by atoms with Gasteiger partial charge >= 0.3 is 11.8 Å². The van der Waals surface area contributed by atoms with Gasteiger partial charge in [-0.25, -0.2) is 0 Å². The molecule has 1 aromatic heterocycles. The van der Waals surface area contributed by atoms with Crippen molar-refractivity contribution in [2.75, 3.05) is 13.1 Å². The standard InChI is InChI=1S/C17H18ClN3O2/c18-14-6-4-13(5-7-14)8-11-20-16(22)17(23)21-12-9-15-3-1-2-10-19-15/h1-7,10H,8-9,11-12H2,(H,20,22)(H,21,23). The zero-order valence-corrected chi connectivity index (χ0v) is 13.3. The lowest BCUT2D eigenvalue weighted by molar-refractivity contribution is -0.139. The van der Waals surface area contributed by atoms with Crippen LogP contribution in [0.4, 0.5) is 0 Å². The number of benzene rings is 1. The Morgan fingerprint density at radius 1 is 0.913 bits per heavy atom. The first-order valence-corrected chi connectivity index (χ1v) is 7.73. The van der Waals surface area contributed by atoms with Gasteiger partial charge in [0.15, 0.2) is 0 Å². The number of rotatable bonds is 6. The maximum atomic E-state index is 11.7. The number of nitrogens with one attached hydrogen (secondary N) is 2. The number of carbonyl (C=O) groups excluding carboxylic acids is 2. The van der Waals surface area contributed by atoms with Crippen LogP contribution in [-0.2, 0) is 22.4 Å². The van der Waals surface area contributed by atoms with Crippen LogP contribution in [0.2, 0.25) is 5.02 Å². The molecule has 0 saturated carbocycles. The molecule has 0 radical (unpaired) electrons. The van der Waals surface area contributed by atoms with E-state index in [4.69, 9.17) is 11.6 Å². The fourth-order valence-corrected chi connectivity index (χ4v) is 2.11. The Hall–Kier alpha value is -2.40. The molecule has 6 heteroatoms. The third kappa shape index (κ3) is 6.08. The molecule has 0 bridgehead atoms. The number of nitrogens with zero attached hydrogens (tertiary/aromatic N) is 1. The quantitative estimate of drug-likeness (QED) is 0.792. The third-order valence-corrected chi connectivity index (χ3v) is 3.46. The molecular formula is C17H18ClN3O2. The molecular weight excluding hydrogens is 314 g/mol. The van der Waals surface area contributed by atoms with Crippen molar-refractivity contribution in [1.82, 2.24) is 15.6 Å². The Bertz CT molecular complexity index is 645. The van der Waals surface area contributed by atoms with Crippen LogP contribution in [0.25, 0.3) is 0 Å². The number of hydrogen-bond donors (Lipinski definition) is 2. The van der Waals surface area contributed by atoms with Crippen molar-refractivity contribution in [2.45, 2.75) is 12.8 Å². The summed E-state index contributed by atoms with van der Waals surface area (Å²) in [4.78, 5) is 27.5. The van der Waals surface area contributed by atoms with E-state index in [9.17, 15) is 9.59 Å². The molecule has 0 atom stereocenters. The first kappa shape index (κ1) is 17.0. The highest BCUT2D eigenvalue weighted by Gasteiger charge is 2.11. The second-order valence-electron chi connectivity index (χ2n) is 4.96. The summed E-state index contributed by atoms with van der Waals surface area (Å²) in [6.45, 7) is 0.772. The average molecular weight is 332 g/mol. The number of aromatic nitrogens is 1. The number of carbonyl (C=O) groups is 2. The molecule has 0 aliphatic rings. The second kappa shape index (κ2) is 8.90. The fraction of sp³-hybridized carbons (Fsp3) is 0.235. The van der Waals surface area contributed by atoms with E-state index in [2.05, 4.69) is 15.6 Å². The highest BCUT2D eigenvalue weighted by molar-refractivity contribution is 6.35. The normalized spacial score (nSPS) is 10.1. The number of halogens is 1. The Kier molecular flexibility index (Phi) is 6.56. The predicted molar refractivity (Wildman–Crippen MR) is 89.1 cm³/mol. The molecule has 0 aliphatic carbocycles. The number of pyridine rings is 1. The summed E-state index contributed by atoms with van der Waals surface area (Å²) in [5.74, 6) is -1.25. The topological polar surface area (TPSA) is 71.1 Å². The van der Waals surface area contributed by atoms with Crippen LogP contribution in [0, 0.1) is 0 Å². The van der Waals surface area contributed by atoms with Crippen LogP contribution in [0.15, 0.2) is 48.7 Å². The highest BCUT2D eigenvalue weighted by Crippen LogP contribution is 2.09. The van der Waals surface area contributed by atoms with E-state index in [1.165, 1.54) is 0 Å². The lowest BCUT2D eigenvalue weighted by Crippen LogP contribution is -2.41. The Balaban J connectivity index is 1.64. The predicted octanol–water partition coefficient (Wildman–Crippen LogP) is 1.75. The summed E-state index contributed by atoms with van der Waals surface area (Å²) in [6, 6.07) is 13.0. The zero-order valence-electron chi connectivity index (χ0n) is 12.6. The van der Waals surface area contributed by atoms with E-state index in [1.54, 1.807) is 18.3 Å². The minimum atomic E-state index is -0.628. The van der Waals surface area contributed by atoms with Crippen molar-refractivity contribution < 1.29 is 9.59 Å². The van der Waals surface area contributed by atoms with Crippen LogP contribution < -0.4 is 10.6 Å². The maximum absolute atomic E-state index is 11.7. The summed E-state index contributed by atoms with van der Waals surface area (Å²) in [6.07, 6.45) is 2.93. The number of amides is 2. The summed E-state index contributed by atoms with van der Waals surface area (Å²) in [5.41, 5.74) is 1.92. The van der Waals surface area contributed by atoms with Crippen molar-refractivity contribution in [3.05, 3.63) is 64.9 Å². The van der Waals surface area contributed by atoms with Crippen LogP contribution >= 0.6 is 11.6 Å². The van der Waals surface area contributed by atoms with Gasteiger partial charge in [-0.05, 0) is 36.2 Å². The van der Waals surface area contributed by atoms with Gasteiger partial charge in [0.25, 0.3) is 0 Å². The van der Waals surface area contributed by atoms with Crippen molar-refractivity contribution in [3.8, 4) is 0 Å². The maximum Gasteiger partial charge on any atom is 0.309 e. The lowest BCUT2D eigenvalue weighted by atomic mass is 10.1. The van der Waals surface area contributed by atoms with Gasteiger partial charge in [0.1, 0.15) is 0 Å². The minimum Gasteiger partial charge on any atom is -0.348 e. The second-order valence-corrected chi connectivity index (χ2v) is 5.40. The van der Waals surface area contributed by atoms with Crippen molar-refractivity contribution >= 4 is 23.4 Å². The molecule has 2 rings (SSSR count). The largest absolute Gasteiger partial charge is 0.348 e. The van der Waals surface area contributed by atoms with Crippen LogP contribution in [-0.4, -0.2) is 29.9 Å². The summed E-state index contributed by atoms with van der Waals surface area (Å²) >= 11 is 5.80. The molecule has 1 heterocycles. The summed E-state index contributed by atoms with van der Waals surface area (Å²) in [7, 11) is 0. The van der Waals surface area contributed by atoms with Gasteiger partial charge in [0.2, 0.25) is 0 Å². The first-order chi connectivity index (χ1) is 11.1. The molecule has 2 N–H and O–H groups in total. The molecule has 2 aromatic rings. The Morgan fingerprint density at radius 2 is 1.57 bits per heavy atom. The highest BCUT2D eigenvalue weighted by atomic mass is 35.5. The van der Waals surface area contributed by atoms with E-state index >= 15 is 0 Å². The van der Waals surface area contributed by atoms with E-state index in [1.807, 2.05) is 30.3 Å². The molecule has 1 aromatic carbocycles. The SMILES string of the molecule is O=C(NCCc1ccc(Cl)cc1)C(=O)NCCc1ccccn1. The van der Waals surface area contributed by atoms with Gasteiger partial charge in [-0.1, -0.05) is 29.8 Å². The van der Waals surface area contributed by atoms with Crippen LogP contribution in [0.3, 0.4) is 0 Å². The Labute approximate surface area is 140 Å². The molecule has 2 amide bonds. The number of hydrogen-bond acceptors (Lipinski definition) is 3. The molecule has 0 unspecified atom stereocenters. The molecule has 0 aliphatic heterocycles. The lowest BCUT2D eigenvalue weighted by Gasteiger charge is -2.06. The molecule has 23 heavy (non-hydrogen) atoms. The smallest absolute Gasteiger partial charge is 0.309 e. The van der Waals surface area contributed by atoms with Crippen LogP contribution in [0.5, 0.6) is 0 Å². The van der Waals surface area contributed by atoms with E-state index in [0.29, 0.717) is 31.0 Å². The van der Waals surface area contributed by atoms with E-state index < -0.39 is 11.8 Å². The van der Waals surface area contributed by atoms with Gasteiger partial charge < -0.3 is 10.6 Å². The monoisotopic (exact) mass is 331 g/mol. The zero-order chi connectivity index (χ0) is 16.5. The third-order valence-electron chi connectivity index (χ3n) is 3.21. The van der Waals surface area contributed by atoms with Crippen molar-refractivity contribution in [3.63, 3.8) is 0 Å². The van der Waals surface area contributed by atoms with Gasteiger partial charge in [0, 0.05) is 36.4 Å². The van der Waals surface area contributed by atoms with Gasteiger partial charge in [0.05, 0.1) is 0 Å². The molecule has 120 valence electrons. The van der Waals surface area contributed by atoms with Crippen molar-refractivity contribution in [1.29, 1.82) is 0 Å². The fourth-order valence-electron chi connectivity index (χ4n) is 1.98. The van der Waals surface area contributed by atoms with Gasteiger partial charge in [-0.3, -0.25) is 14.6 Å². The molecule has 0 saturated heterocycles. The summed E-state index contributed by atoms with van der Waals surface area (Å²) in [5, 5.41) is 5.84.